The predicted octanol–water partition coefficient (Wildman–Crippen LogP) is 0.692. The maximum Gasteiger partial charge on any atom is 0.225 e. The Bertz CT molecular complexity index is 394. The Labute approximate surface area is 107 Å². The standard InChI is InChI=1S/C14H20N2O2/c1-10-7-15-8-12(10)14(18)16-13(9-17)11-5-3-2-4-6-11/h2-6,10,12-13,15,17H,7-9H2,1H3,(H,16,18)/t10-,12-,13+/m1/s1. The van der Waals surface area contributed by atoms with E-state index in [-0.39, 0.29) is 24.5 Å². The van der Waals surface area contributed by atoms with Gasteiger partial charge >= 0.3 is 0 Å². The summed E-state index contributed by atoms with van der Waals surface area (Å²) < 4.78 is 0. The molecule has 1 aliphatic rings. The SMILES string of the molecule is C[C@@H]1CNC[C@H]1C(=O)N[C@@H](CO)c1ccccc1. The summed E-state index contributed by atoms with van der Waals surface area (Å²) in [5.74, 6) is 0.373. The number of amides is 1. The first-order chi connectivity index (χ1) is 8.72. The molecule has 0 spiro atoms. The van der Waals surface area contributed by atoms with E-state index in [4.69, 9.17) is 0 Å². The van der Waals surface area contributed by atoms with Crippen molar-refractivity contribution >= 4 is 5.91 Å². The van der Waals surface area contributed by atoms with Crippen molar-refractivity contribution in [3.05, 3.63) is 35.9 Å². The molecule has 1 aliphatic heterocycles. The molecule has 2 rings (SSSR count). The van der Waals surface area contributed by atoms with Crippen LogP contribution >= 0.6 is 0 Å². The van der Waals surface area contributed by atoms with Crippen molar-refractivity contribution in [2.24, 2.45) is 11.8 Å². The summed E-state index contributed by atoms with van der Waals surface area (Å²) >= 11 is 0. The van der Waals surface area contributed by atoms with Crippen LogP contribution in [0.4, 0.5) is 0 Å². The van der Waals surface area contributed by atoms with Gasteiger partial charge in [0.15, 0.2) is 0 Å². The molecule has 0 unspecified atom stereocenters. The highest BCUT2D eigenvalue weighted by Crippen LogP contribution is 2.18. The molecule has 3 N–H and O–H groups in total. The highest BCUT2D eigenvalue weighted by Gasteiger charge is 2.30. The summed E-state index contributed by atoms with van der Waals surface area (Å²) in [6.07, 6.45) is 0. The van der Waals surface area contributed by atoms with Crippen LogP contribution < -0.4 is 10.6 Å². The lowest BCUT2D eigenvalue weighted by atomic mass is 9.96. The second-order valence-corrected chi connectivity index (χ2v) is 4.90. The molecule has 4 nitrogen and oxygen atoms in total. The highest BCUT2D eigenvalue weighted by molar-refractivity contribution is 5.80. The second-order valence-electron chi connectivity index (χ2n) is 4.90. The zero-order chi connectivity index (χ0) is 13.0. The summed E-state index contributed by atoms with van der Waals surface area (Å²) in [4.78, 5) is 12.1. The van der Waals surface area contributed by atoms with Crippen molar-refractivity contribution in [1.29, 1.82) is 0 Å². The van der Waals surface area contributed by atoms with E-state index in [9.17, 15) is 9.90 Å². The van der Waals surface area contributed by atoms with Gasteiger partial charge in [0.2, 0.25) is 5.91 Å². The third kappa shape index (κ3) is 2.89. The first kappa shape index (κ1) is 13.1. The minimum absolute atomic E-state index is 0.00256. The minimum Gasteiger partial charge on any atom is -0.394 e. The molecule has 4 heteroatoms. The zero-order valence-corrected chi connectivity index (χ0v) is 10.6. The molecule has 1 aromatic rings. The molecule has 1 aromatic carbocycles. The lowest BCUT2D eigenvalue weighted by Crippen LogP contribution is -2.38. The van der Waals surface area contributed by atoms with Crippen LogP contribution in [0.1, 0.15) is 18.5 Å². The molecular weight excluding hydrogens is 228 g/mol. The fourth-order valence-electron chi connectivity index (χ4n) is 2.36. The van der Waals surface area contributed by atoms with Crippen LogP contribution in [0.2, 0.25) is 0 Å². The fraction of sp³-hybridized carbons (Fsp3) is 0.500. The van der Waals surface area contributed by atoms with Gasteiger partial charge in [0, 0.05) is 6.54 Å². The molecule has 1 fully saturated rings. The second kappa shape index (κ2) is 5.98. The van der Waals surface area contributed by atoms with Gasteiger partial charge in [-0.05, 0) is 18.0 Å². The lowest BCUT2D eigenvalue weighted by Gasteiger charge is -2.20. The summed E-state index contributed by atoms with van der Waals surface area (Å²) in [5, 5.41) is 15.5. The molecule has 0 saturated carbocycles. The van der Waals surface area contributed by atoms with Gasteiger partial charge in [-0.3, -0.25) is 4.79 Å². The molecule has 3 atom stereocenters. The first-order valence-corrected chi connectivity index (χ1v) is 6.39. The summed E-state index contributed by atoms with van der Waals surface area (Å²) in [6, 6.07) is 9.25. The van der Waals surface area contributed by atoms with Gasteiger partial charge in [0.25, 0.3) is 0 Å². The summed E-state index contributed by atoms with van der Waals surface area (Å²) in [7, 11) is 0. The number of nitrogens with one attached hydrogen (secondary N) is 2. The Morgan fingerprint density at radius 3 is 2.72 bits per heavy atom. The fourth-order valence-corrected chi connectivity index (χ4v) is 2.36. The molecule has 18 heavy (non-hydrogen) atoms. The van der Waals surface area contributed by atoms with E-state index in [1.807, 2.05) is 30.3 Å². The third-order valence-electron chi connectivity index (χ3n) is 3.56. The largest absolute Gasteiger partial charge is 0.394 e. The van der Waals surface area contributed by atoms with Gasteiger partial charge in [0.05, 0.1) is 18.6 Å². The third-order valence-corrected chi connectivity index (χ3v) is 3.56. The number of benzene rings is 1. The van der Waals surface area contributed by atoms with E-state index in [0.29, 0.717) is 5.92 Å². The number of aliphatic hydroxyl groups excluding tert-OH is 1. The van der Waals surface area contributed by atoms with Crippen LogP contribution in [0.25, 0.3) is 0 Å². The van der Waals surface area contributed by atoms with E-state index in [1.54, 1.807) is 0 Å². The average molecular weight is 248 g/mol. The van der Waals surface area contributed by atoms with Crippen LogP contribution in [0.3, 0.4) is 0 Å². The van der Waals surface area contributed by atoms with Crippen molar-refractivity contribution in [1.82, 2.24) is 10.6 Å². The van der Waals surface area contributed by atoms with Crippen molar-refractivity contribution in [3.8, 4) is 0 Å². The molecule has 0 radical (unpaired) electrons. The van der Waals surface area contributed by atoms with Gasteiger partial charge in [-0.1, -0.05) is 37.3 Å². The Balaban J connectivity index is 2.00. The number of rotatable bonds is 4. The number of aliphatic hydroxyl groups is 1. The van der Waals surface area contributed by atoms with Gasteiger partial charge in [-0.2, -0.15) is 0 Å². The van der Waals surface area contributed by atoms with E-state index >= 15 is 0 Å². The molecule has 98 valence electrons. The van der Waals surface area contributed by atoms with Crippen LogP contribution in [-0.2, 0) is 4.79 Å². The number of hydrogen-bond donors (Lipinski definition) is 3. The Hall–Kier alpha value is -1.39. The van der Waals surface area contributed by atoms with E-state index in [0.717, 1.165) is 18.7 Å². The molecule has 1 saturated heterocycles. The van der Waals surface area contributed by atoms with E-state index in [2.05, 4.69) is 17.6 Å². The van der Waals surface area contributed by atoms with Crippen molar-refractivity contribution in [2.45, 2.75) is 13.0 Å². The van der Waals surface area contributed by atoms with Gasteiger partial charge in [0.1, 0.15) is 0 Å². The average Bonchev–Trinajstić information content (AvgIpc) is 2.83. The topological polar surface area (TPSA) is 61.4 Å². The van der Waals surface area contributed by atoms with E-state index < -0.39 is 0 Å². The number of carbonyl (C=O) groups excluding carboxylic acids is 1. The minimum atomic E-state index is -0.313. The summed E-state index contributed by atoms with van der Waals surface area (Å²) in [5.41, 5.74) is 0.937. The van der Waals surface area contributed by atoms with Crippen LogP contribution in [-0.4, -0.2) is 30.7 Å². The smallest absolute Gasteiger partial charge is 0.225 e. The lowest BCUT2D eigenvalue weighted by molar-refractivity contribution is -0.126. The van der Waals surface area contributed by atoms with Crippen molar-refractivity contribution < 1.29 is 9.90 Å². The zero-order valence-electron chi connectivity index (χ0n) is 10.6. The van der Waals surface area contributed by atoms with Crippen molar-refractivity contribution in [3.63, 3.8) is 0 Å². The van der Waals surface area contributed by atoms with Gasteiger partial charge in [-0.25, -0.2) is 0 Å². The quantitative estimate of drug-likeness (QED) is 0.735. The molecule has 1 amide bonds. The van der Waals surface area contributed by atoms with Crippen LogP contribution in [0.5, 0.6) is 0 Å². The Morgan fingerprint density at radius 2 is 2.17 bits per heavy atom. The molecule has 0 aromatic heterocycles. The first-order valence-electron chi connectivity index (χ1n) is 6.39. The molecule has 0 bridgehead atoms. The predicted molar refractivity (Wildman–Crippen MR) is 69.9 cm³/mol. The van der Waals surface area contributed by atoms with Crippen LogP contribution in [0.15, 0.2) is 30.3 Å². The monoisotopic (exact) mass is 248 g/mol. The van der Waals surface area contributed by atoms with Crippen molar-refractivity contribution in [2.75, 3.05) is 19.7 Å². The van der Waals surface area contributed by atoms with Gasteiger partial charge < -0.3 is 15.7 Å². The summed E-state index contributed by atoms with van der Waals surface area (Å²) in [6.45, 7) is 3.60. The van der Waals surface area contributed by atoms with E-state index in [1.165, 1.54) is 0 Å². The Morgan fingerprint density at radius 1 is 1.44 bits per heavy atom. The number of carbonyl (C=O) groups is 1. The Kier molecular flexibility index (Phi) is 4.33. The number of hydrogen-bond acceptors (Lipinski definition) is 3. The molecular formula is C14H20N2O2. The molecule has 1 heterocycles. The highest BCUT2D eigenvalue weighted by atomic mass is 16.3. The maximum absolute atomic E-state index is 12.1. The normalized spacial score (nSPS) is 24.8. The van der Waals surface area contributed by atoms with Gasteiger partial charge in [-0.15, -0.1) is 0 Å². The maximum atomic E-state index is 12.1. The van der Waals surface area contributed by atoms with Crippen LogP contribution in [0, 0.1) is 11.8 Å². The molecule has 0 aliphatic carbocycles.